The summed E-state index contributed by atoms with van der Waals surface area (Å²) in [5.41, 5.74) is 1.08. The molecule has 0 heterocycles. The van der Waals surface area contributed by atoms with Crippen molar-refractivity contribution in [2.75, 3.05) is 7.05 Å². The van der Waals surface area contributed by atoms with E-state index in [0.29, 0.717) is 19.4 Å². The highest BCUT2D eigenvalue weighted by molar-refractivity contribution is 5.28. The first-order valence-corrected chi connectivity index (χ1v) is 5.26. The van der Waals surface area contributed by atoms with E-state index in [4.69, 9.17) is 0 Å². The van der Waals surface area contributed by atoms with Crippen LogP contribution in [0.25, 0.3) is 0 Å². The minimum absolute atomic E-state index is 0.165. The molecule has 0 aliphatic heterocycles. The van der Waals surface area contributed by atoms with E-state index >= 15 is 0 Å². The summed E-state index contributed by atoms with van der Waals surface area (Å²) in [5, 5.41) is 2.96. The molecule has 1 fully saturated rings. The molecule has 1 saturated carbocycles. The van der Waals surface area contributed by atoms with Crippen LogP contribution in [0.5, 0.6) is 0 Å². The second-order valence-corrected chi connectivity index (χ2v) is 4.13. The summed E-state index contributed by atoms with van der Waals surface area (Å²) >= 11 is 0. The van der Waals surface area contributed by atoms with Crippen LogP contribution < -0.4 is 5.32 Å². The SMILES string of the molecule is CNCc1cccc(C(F)(F)C2CC2)c1. The third kappa shape index (κ3) is 2.17. The van der Waals surface area contributed by atoms with Crippen LogP contribution in [0.4, 0.5) is 8.78 Å². The van der Waals surface area contributed by atoms with Crippen LogP contribution in [0.2, 0.25) is 0 Å². The molecule has 1 nitrogen and oxygen atoms in total. The Bertz CT molecular complexity index is 345. The summed E-state index contributed by atoms with van der Waals surface area (Å²) in [7, 11) is 1.81. The van der Waals surface area contributed by atoms with Crippen LogP contribution in [-0.4, -0.2) is 7.05 Å². The van der Waals surface area contributed by atoms with Gasteiger partial charge in [-0.15, -0.1) is 0 Å². The van der Waals surface area contributed by atoms with E-state index in [0.717, 1.165) is 5.56 Å². The zero-order valence-corrected chi connectivity index (χ0v) is 8.76. The lowest BCUT2D eigenvalue weighted by atomic mass is 10.0. The van der Waals surface area contributed by atoms with Crippen LogP contribution in [0.3, 0.4) is 0 Å². The van der Waals surface area contributed by atoms with E-state index in [1.54, 1.807) is 12.1 Å². The van der Waals surface area contributed by atoms with E-state index in [2.05, 4.69) is 5.32 Å². The first kappa shape index (κ1) is 10.6. The van der Waals surface area contributed by atoms with Gasteiger partial charge in [0.05, 0.1) is 0 Å². The quantitative estimate of drug-likeness (QED) is 0.807. The summed E-state index contributed by atoms with van der Waals surface area (Å²) in [6, 6.07) is 6.70. The lowest BCUT2D eigenvalue weighted by Crippen LogP contribution is -2.16. The molecule has 1 aliphatic carbocycles. The predicted molar refractivity (Wildman–Crippen MR) is 55.8 cm³/mol. The zero-order valence-electron chi connectivity index (χ0n) is 8.76. The molecule has 0 amide bonds. The van der Waals surface area contributed by atoms with Crippen molar-refractivity contribution in [3.63, 3.8) is 0 Å². The molecule has 0 spiro atoms. The zero-order chi connectivity index (χ0) is 10.9. The first-order chi connectivity index (χ1) is 7.14. The number of nitrogens with one attached hydrogen (secondary N) is 1. The molecule has 0 saturated heterocycles. The third-order valence-electron chi connectivity index (χ3n) is 2.78. The van der Waals surface area contributed by atoms with Gasteiger partial charge < -0.3 is 5.32 Å². The Morgan fingerprint density at radius 2 is 2.13 bits per heavy atom. The molecular formula is C12H15F2N. The smallest absolute Gasteiger partial charge is 0.276 e. The van der Waals surface area contributed by atoms with Crippen LogP contribution in [0.1, 0.15) is 24.0 Å². The molecule has 0 bridgehead atoms. The number of hydrogen-bond donors (Lipinski definition) is 1. The van der Waals surface area contributed by atoms with E-state index < -0.39 is 11.8 Å². The molecule has 15 heavy (non-hydrogen) atoms. The predicted octanol–water partition coefficient (Wildman–Crippen LogP) is 2.91. The van der Waals surface area contributed by atoms with Crippen molar-refractivity contribution in [3.05, 3.63) is 35.4 Å². The second kappa shape index (κ2) is 3.89. The second-order valence-electron chi connectivity index (χ2n) is 4.13. The molecule has 0 radical (unpaired) electrons. The molecule has 0 aromatic heterocycles. The highest BCUT2D eigenvalue weighted by atomic mass is 19.3. The van der Waals surface area contributed by atoms with Gasteiger partial charge in [-0.1, -0.05) is 18.2 Å². The molecule has 1 aliphatic rings. The van der Waals surface area contributed by atoms with Crippen molar-refractivity contribution in [1.29, 1.82) is 0 Å². The summed E-state index contributed by atoms with van der Waals surface area (Å²) in [6.07, 6.45) is 1.31. The van der Waals surface area contributed by atoms with E-state index in [1.807, 2.05) is 13.1 Å². The Hall–Kier alpha value is -0.960. The molecule has 1 aromatic carbocycles. The molecule has 1 aromatic rings. The average molecular weight is 211 g/mol. The number of hydrogen-bond acceptors (Lipinski definition) is 1. The standard InChI is InChI=1S/C12H15F2N/c1-15-8-9-3-2-4-11(7-9)12(13,14)10-5-6-10/h2-4,7,10,15H,5-6,8H2,1H3. The van der Waals surface area contributed by atoms with Gasteiger partial charge in [0.2, 0.25) is 0 Å². The maximum absolute atomic E-state index is 13.7. The van der Waals surface area contributed by atoms with E-state index in [-0.39, 0.29) is 5.56 Å². The molecule has 82 valence electrons. The molecule has 1 N–H and O–H groups in total. The van der Waals surface area contributed by atoms with Gasteiger partial charge in [-0.3, -0.25) is 0 Å². The van der Waals surface area contributed by atoms with Crippen LogP contribution in [0.15, 0.2) is 24.3 Å². The minimum atomic E-state index is -2.64. The lowest BCUT2D eigenvalue weighted by molar-refractivity contribution is -0.0286. The highest BCUT2D eigenvalue weighted by Gasteiger charge is 2.47. The van der Waals surface area contributed by atoms with Crippen molar-refractivity contribution < 1.29 is 8.78 Å². The molecule has 0 atom stereocenters. The van der Waals surface area contributed by atoms with Gasteiger partial charge in [-0.25, -0.2) is 8.78 Å². The number of benzene rings is 1. The van der Waals surface area contributed by atoms with Crippen LogP contribution >= 0.6 is 0 Å². The van der Waals surface area contributed by atoms with Crippen molar-refractivity contribution in [1.82, 2.24) is 5.32 Å². The molecule has 0 unspecified atom stereocenters. The fourth-order valence-corrected chi connectivity index (χ4v) is 1.77. The summed E-state index contributed by atoms with van der Waals surface area (Å²) in [6.45, 7) is 0.634. The van der Waals surface area contributed by atoms with Gasteiger partial charge in [0.25, 0.3) is 5.92 Å². The number of rotatable bonds is 4. The Labute approximate surface area is 88.5 Å². The molecule has 2 rings (SSSR count). The van der Waals surface area contributed by atoms with Crippen LogP contribution in [-0.2, 0) is 12.5 Å². The largest absolute Gasteiger partial charge is 0.316 e. The number of alkyl halides is 2. The van der Waals surface area contributed by atoms with Crippen molar-refractivity contribution in [2.24, 2.45) is 5.92 Å². The third-order valence-corrected chi connectivity index (χ3v) is 2.78. The fraction of sp³-hybridized carbons (Fsp3) is 0.500. The van der Waals surface area contributed by atoms with Gasteiger partial charge in [0.1, 0.15) is 0 Å². The first-order valence-electron chi connectivity index (χ1n) is 5.26. The normalized spacial score (nSPS) is 16.7. The summed E-state index contributed by atoms with van der Waals surface area (Å²) in [4.78, 5) is 0. The van der Waals surface area contributed by atoms with Gasteiger partial charge >= 0.3 is 0 Å². The Kier molecular flexibility index (Phi) is 2.74. The lowest BCUT2D eigenvalue weighted by Gasteiger charge is -2.16. The Morgan fingerprint density at radius 3 is 2.73 bits per heavy atom. The average Bonchev–Trinajstić information content (AvgIpc) is 3.02. The van der Waals surface area contributed by atoms with E-state index in [9.17, 15) is 8.78 Å². The van der Waals surface area contributed by atoms with Gasteiger partial charge in [0, 0.05) is 18.0 Å². The monoisotopic (exact) mass is 211 g/mol. The maximum Gasteiger partial charge on any atom is 0.276 e. The highest BCUT2D eigenvalue weighted by Crippen LogP contribution is 2.49. The van der Waals surface area contributed by atoms with Crippen molar-refractivity contribution >= 4 is 0 Å². The van der Waals surface area contributed by atoms with Crippen molar-refractivity contribution in [3.8, 4) is 0 Å². The number of halogens is 2. The Balaban J connectivity index is 2.23. The van der Waals surface area contributed by atoms with Gasteiger partial charge in [-0.2, -0.15) is 0 Å². The minimum Gasteiger partial charge on any atom is -0.316 e. The van der Waals surface area contributed by atoms with Crippen molar-refractivity contribution in [2.45, 2.75) is 25.3 Å². The molecular weight excluding hydrogens is 196 g/mol. The Morgan fingerprint density at radius 1 is 1.40 bits per heavy atom. The van der Waals surface area contributed by atoms with Gasteiger partial charge in [-0.05, 0) is 31.5 Å². The topological polar surface area (TPSA) is 12.0 Å². The van der Waals surface area contributed by atoms with Crippen LogP contribution in [0, 0.1) is 5.92 Å². The summed E-state index contributed by atoms with van der Waals surface area (Å²) in [5.74, 6) is -3.06. The maximum atomic E-state index is 13.7. The van der Waals surface area contributed by atoms with Gasteiger partial charge in [0.15, 0.2) is 0 Å². The fourth-order valence-electron chi connectivity index (χ4n) is 1.77. The molecule has 3 heteroatoms. The van der Waals surface area contributed by atoms with E-state index in [1.165, 1.54) is 6.07 Å². The summed E-state index contributed by atoms with van der Waals surface area (Å²) < 4.78 is 27.5.